The van der Waals surface area contributed by atoms with Crippen molar-refractivity contribution in [2.45, 2.75) is 311 Å². The molecule has 0 fully saturated rings. The van der Waals surface area contributed by atoms with Crippen LogP contribution in [0, 0.1) is 0 Å². The molecule has 0 aliphatic heterocycles. The van der Waals surface area contributed by atoms with Gasteiger partial charge >= 0.3 is 0 Å². The fourth-order valence-corrected chi connectivity index (χ4v) is 20.8. The molecule has 0 aliphatic rings. The quantitative estimate of drug-likeness (QED) is 0.0355. The lowest BCUT2D eigenvalue weighted by molar-refractivity contribution is 0.608. The summed E-state index contributed by atoms with van der Waals surface area (Å²) in [5.41, 5.74) is 14.0. The number of hydrogen-bond donors (Lipinski definition) is 0. The largest absolute Gasteiger partial charge is 0.172 e. The van der Waals surface area contributed by atoms with Gasteiger partial charge in [-0.05, 0) is 158 Å². The Morgan fingerprint density at radius 3 is 0.828 bits per heavy atom. The molecule has 0 bridgehead atoms. The number of benzene rings is 1. The number of fused-ring (bicyclic) bond motifs is 1. The molecule has 0 unspecified atom stereocenters. The van der Waals surface area contributed by atoms with Gasteiger partial charge in [-0.15, -0.1) is 68.0 Å². The smallest absolute Gasteiger partial charge is 0.114 e. The summed E-state index contributed by atoms with van der Waals surface area (Å²) in [5.74, 6) is 0. The van der Waals surface area contributed by atoms with Gasteiger partial charge in [-0.3, -0.25) is 0 Å². The predicted octanol–water partition coefficient (Wildman–Crippen LogP) is 29.5. The molecule has 0 saturated carbocycles. The number of unbranched alkanes of at least 4 members (excludes halogenated alkanes) is 30. The lowest BCUT2D eigenvalue weighted by atomic mass is 10.0. The molecular formula is C78H112N2S7. The van der Waals surface area contributed by atoms with Crippen molar-refractivity contribution >= 4 is 90.8 Å². The van der Waals surface area contributed by atoms with E-state index in [0.717, 1.165) is 23.9 Å². The van der Waals surface area contributed by atoms with E-state index in [1.807, 2.05) is 45.3 Å². The van der Waals surface area contributed by atoms with Gasteiger partial charge in [0.1, 0.15) is 11.0 Å². The molecule has 7 heterocycles. The molecule has 7 aromatic heterocycles. The van der Waals surface area contributed by atoms with E-state index in [2.05, 4.69) is 124 Å². The Kier molecular flexibility index (Phi) is 32.5. The van der Waals surface area contributed by atoms with Gasteiger partial charge in [0.05, 0.1) is 11.7 Å². The number of nitrogens with zero attached hydrogens (tertiary/aromatic N) is 2. The first-order valence-corrected chi connectivity index (χ1v) is 41.6. The number of aromatic nitrogens is 2. The second kappa shape index (κ2) is 40.3. The average Bonchev–Trinajstić information content (AvgIpc) is 3.05. The minimum absolute atomic E-state index is 1.07. The highest BCUT2D eigenvalue weighted by Crippen LogP contribution is 2.51. The van der Waals surface area contributed by atoms with Gasteiger partial charge in [-0.25, -0.2) is 0 Å². The Balaban J connectivity index is 1.12. The standard InChI is InChI=1S/C78H112N2S7/c1-7-13-19-25-31-37-43-59-51-69(81-57-59)75-63(47-41-35-29-23-17-11-5)55-71(85-75)77-61(45-39-33-27-21-15-9-3)53-67(83-77)65-49-50-66(74-73(65)79-87-80-74)68-54-62(46-40-34-28-22-16-10-4)78(84-68)72-56-64(48-42-36-30-24-18-12-6)76(86-72)70-52-60(58-82-70)44-38-32-26-20-14-8-2/h49-58H,7-48H2,1-6H3. The summed E-state index contributed by atoms with van der Waals surface area (Å²) in [6.45, 7) is 14.0. The number of hydrogen-bond acceptors (Lipinski definition) is 9. The molecule has 8 aromatic rings. The zero-order chi connectivity index (χ0) is 60.7. The summed E-state index contributed by atoms with van der Waals surface area (Å²) in [6.07, 6.45) is 55.1. The zero-order valence-corrected chi connectivity index (χ0v) is 60.9. The van der Waals surface area contributed by atoms with E-state index in [4.69, 9.17) is 8.75 Å². The second-order valence-electron chi connectivity index (χ2n) is 25.7. The molecule has 0 aliphatic carbocycles. The molecule has 476 valence electrons. The van der Waals surface area contributed by atoms with Gasteiger partial charge in [0, 0.05) is 59.9 Å². The molecule has 0 saturated heterocycles. The number of thiophene rings is 6. The van der Waals surface area contributed by atoms with Gasteiger partial charge in [0.2, 0.25) is 0 Å². The van der Waals surface area contributed by atoms with Crippen molar-refractivity contribution in [3.05, 3.63) is 92.7 Å². The Labute approximate surface area is 558 Å². The van der Waals surface area contributed by atoms with Crippen LogP contribution in [0.3, 0.4) is 0 Å². The second-order valence-corrected chi connectivity index (χ2v) is 32.3. The molecule has 87 heavy (non-hydrogen) atoms. The third kappa shape index (κ3) is 21.9. The van der Waals surface area contributed by atoms with Crippen molar-refractivity contribution in [2.24, 2.45) is 0 Å². The van der Waals surface area contributed by atoms with Crippen LogP contribution in [0.2, 0.25) is 0 Å². The first kappa shape index (κ1) is 70.1. The van der Waals surface area contributed by atoms with Crippen molar-refractivity contribution in [1.82, 2.24) is 8.75 Å². The monoisotopic (exact) mass is 1300 g/mol. The summed E-state index contributed by atoms with van der Waals surface area (Å²) in [5, 5.41) is 4.97. The van der Waals surface area contributed by atoms with E-state index >= 15 is 0 Å². The first-order chi connectivity index (χ1) is 43.0. The van der Waals surface area contributed by atoms with Gasteiger partial charge < -0.3 is 0 Å². The minimum atomic E-state index is 1.07. The molecule has 8 rings (SSSR count). The van der Waals surface area contributed by atoms with E-state index in [1.54, 1.807) is 22.3 Å². The molecule has 0 radical (unpaired) electrons. The van der Waals surface area contributed by atoms with Crippen LogP contribution in [0.5, 0.6) is 0 Å². The molecule has 9 heteroatoms. The van der Waals surface area contributed by atoms with Crippen LogP contribution in [0.1, 0.15) is 306 Å². The molecule has 1 aromatic carbocycles. The SMILES string of the molecule is CCCCCCCCc1csc(-c2sc(-c3sc(-c4ccc(-c5cc(CCCCCCCC)c(-c6cc(CCCCCCCC)c(-c7cc(CCCCCCCC)cs7)s6)s5)c5nsnc45)cc3CCCCCCCC)cc2CCCCCCCC)c1. The molecule has 0 atom stereocenters. The van der Waals surface area contributed by atoms with Crippen LogP contribution in [0.4, 0.5) is 0 Å². The van der Waals surface area contributed by atoms with E-state index in [-0.39, 0.29) is 0 Å². The highest BCUT2D eigenvalue weighted by atomic mass is 32.1. The number of rotatable bonds is 48. The van der Waals surface area contributed by atoms with Crippen molar-refractivity contribution in [1.29, 1.82) is 0 Å². The maximum atomic E-state index is 5.22. The topological polar surface area (TPSA) is 25.8 Å². The van der Waals surface area contributed by atoms with Crippen molar-refractivity contribution in [2.75, 3.05) is 0 Å². The fraction of sp³-hybridized carbons (Fsp3) is 0.615. The van der Waals surface area contributed by atoms with Gasteiger partial charge in [-0.2, -0.15) is 8.75 Å². The summed E-state index contributed by atoms with van der Waals surface area (Å²) in [6, 6.07) is 20.4. The Hall–Kier alpha value is -2.76. The summed E-state index contributed by atoms with van der Waals surface area (Å²) in [4.78, 5) is 14.7. The normalized spacial score (nSPS) is 11.9. The highest BCUT2D eigenvalue weighted by Gasteiger charge is 2.25. The first-order valence-electron chi connectivity index (χ1n) is 35.9. The Morgan fingerprint density at radius 1 is 0.264 bits per heavy atom. The maximum absolute atomic E-state index is 5.22. The summed E-state index contributed by atoms with van der Waals surface area (Å²) >= 11 is 13.6. The molecule has 0 amide bonds. The summed E-state index contributed by atoms with van der Waals surface area (Å²) in [7, 11) is 0. The van der Waals surface area contributed by atoms with Gasteiger partial charge in [0.25, 0.3) is 0 Å². The van der Waals surface area contributed by atoms with Crippen LogP contribution in [0.25, 0.3) is 70.9 Å². The highest BCUT2D eigenvalue weighted by molar-refractivity contribution is 7.28. The minimum Gasteiger partial charge on any atom is -0.172 e. The average molecular weight is 1300 g/mol. The van der Waals surface area contributed by atoms with E-state index < -0.39 is 0 Å². The van der Waals surface area contributed by atoms with E-state index in [1.165, 1.54) is 340 Å². The van der Waals surface area contributed by atoms with Crippen LogP contribution >= 0.6 is 79.7 Å². The van der Waals surface area contributed by atoms with Gasteiger partial charge in [-0.1, -0.05) is 246 Å². The fourth-order valence-electron chi connectivity index (χ4n) is 12.9. The van der Waals surface area contributed by atoms with E-state index in [0.29, 0.717) is 0 Å². The lowest BCUT2D eigenvalue weighted by Gasteiger charge is -2.04. The third-order valence-electron chi connectivity index (χ3n) is 18.2. The van der Waals surface area contributed by atoms with Crippen molar-refractivity contribution < 1.29 is 0 Å². The molecule has 0 N–H and O–H groups in total. The van der Waals surface area contributed by atoms with Crippen LogP contribution in [-0.2, 0) is 38.5 Å². The third-order valence-corrected chi connectivity index (χ3v) is 26.2. The molecule has 2 nitrogen and oxygen atoms in total. The Bertz CT molecular complexity index is 2920. The molecule has 0 spiro atoms. The maximum Gasteiger partial charge on any atom is 0.114 e. The Morgan fingerprint density at radius 2 is 0.517 bits per heavy atom. The van der Waals surface area contributed by atoms with Crippen LogP contribution in [-0.4, -0.2) is 8.75 Å². The van der Waals surface area contributed by atoms with Gasteiger partial charge in [0.15, 0.2) is 0 Å². The predicted molar refractivity (Wildman–Crippen MR) is 400 cm³/mol. The van der Waals surface area contributed by atoms with Crippen molar-refractivity contribution in [3.8, 4) is 59.9 Å². The van der Waals surface area contributed by atoms with Crippen LogP contribution in [0.15, 0.2) is 59.3 Å². The number of aryl methyl sites for hydroxylation is 6. The van der Waals surface area contributed by atoms with Crippen molar-refractivity contribution in [3.63, 3.8) is 0 Å². The zero-order valence-electron chi connectivity index (χ0n) is 55.2. The van der Waals surface area contributed by atoms with Crippen LogP contribution < -0.4 is 0 Å². The van der Waals surface area contributed by atoms with E-state index in [9.17, 15) is 0 Å². The summed E-state index contributed by atoms with van der Waals surface area (Å²) < 4.78 is 10.4. The molecular weight excluding hydrogens is 1190 g/mol. The lowest BCUT2D eigenvalue weighted by Crippen LogP contribution is -1.87.